The van der Waals surface area contributed by atoms with E-state index in [1.807, 2.05) is 44.3 Å². The molecule has 3 saturated carbocycles. The van der Waals surface area contributed by atoms with Crippen LogP contribution >= 0.6 is 0 Å². The number of nitriles is 1. The Kier molecular flexibility index (Phi) is 9.07. The van der Waals surface area contributed by atoms with Crippen molar-refractivity contribution in [1.82, 2.24) is 20.2 Å². The van der Waals surface area contributed by atoms with Crippen LogP contribution in [0.2, 0.25) is 0 Å². The highest BCUT2D eigenvalue weighted by Gasteiger charge is 2.44. The van der Waals surface area contributed by atoms with E-state index in [-0.39, 0.29) is 18.4 Å². The fraction of sp³-hybridized carbons (Fsp3) is 0.500. The number of benzene rings is 1. The second-order valence-corrected chi connectivity index (χ2v) is 11.6. The van der Waals surface area contributed by atoms with Crippen LogP contribution in [0.1, 0.15) is 61.4 Å². The summed E-state index contributed by atoms with van der Waals surface area (Å²) in [5, 5.41) is 14.5. The van der Waals surface area contributed by atoms with Crippen LogP contribution in [0.5, 0.6) is 0 Å². The normalized spacial score (nSPS) is 22.6. The van der Waals surface area contributed by atoms with Crippen molar-refractivity contribution < 1.29 is 9.59 Å². The molecule has 4 fully saturated rings. The first-order chi connectivity index (χ1) is 19.9. The number of hydrogen-bond acceptors (Lipinski definition) is 7. The highest BCUT2D eigenvalue weighted by atomic mass is 16.2. The van der Waals surface area contributed by atoms with Gasteiger partial charge >= 0.3 is 0 Å². The zero-order valence-electron chi connectivity index (χ0n) is 24.0. The van der Waals surface area contributed by atoms with Crippen molar-refractivity contribution in [2.45, 2.75) is 52.4 Å². The molecule has 1 aromatic heterocycles. The van der Waals surface area contributed by atoms with Crippen molar-refractivity contribution in [1.29, 1.82) is 5.26 Å². The second-order valence-electron chi connectivity index (χ2n) is 11.6. The monoisotopic (exact) mass is 553 g/mol. The van der Waals surface area contributed by atoms with Crippen molar-refractivity contribution in [2.75, 3.05) is 31.5 Å². The van der Waals surface area contributed by atoms with Crippen molar-refractivity contribution in [3.8, 4) is 17.3 Å². The smallest absolute Gasteiger partial charge is 0.252 e. The zero-order chi connectivity index (χ0) is 28.8. The van der Waals surface area contributed by atoms with E-state index in [0.717, 1.165) is 67.3 Å². The number of hydrogen-bond donors (Lipinski definition) is 2. The number of carbonyl (C=O) groups is 2. The Morgan fingerprint density at radius 1 is 1.15 bits per heavy atom. The molecule has 3 aliphatic carbocycles. The Labute approximate surface area is 242 Å². The van der Waals surface area contributed by atoms with Crippen LogP contribution in [-0.4, -0.2) is 59.1 Å². The summed E-state index contributed by atoms with van der Waals surface area (Å²) in [7, 11) is 0. The van der Waals surface area contributed by atoms with Gasteiger partial charge in [-0.3, -0.25) is 14.6 Å². The van der Waals surface area contributed by atoms with Crippen LogP contribution in [0.4, 0.5) is 5.95 Å². The molecule has 214 valence electrons. The van der Waals surface area contributed by atoms with Crippen molar-refractivity contribution in [3.05, 3.63) is 53.4 Å². The summed E-state index contributed by atoms with van der Waals surface area (Å²) >= 11 is 0. The summed E-state index contributed by atoms with van der Waals surface area (Å²) in [6.45, 7) is 6.31. The van der Waals surface area contributed by atoms with E-state index >= 15 is 0 Å². The molecule has 0 spiro atoms. The van der Waals surface area contributed by atoms with Crippen LogP contribution < -0.4 is 10.6 Å². The van der Waals surface area contributed by atoms with Gasteiger partial charge in [-0.15, -0.1) is 0 Å². The molecule has 4 aliphatic rings. The standard InChI is InChI=1S/C32H39N7O2/c1-3-27(20-34-19-22-10-14-39(15-11-22)31(41)28-9-4-23-16-26(28)17-23)37-32-36-18-21(2)29(38-32)24-5-7-25(8-6-24)30(40)35-13-12-33/h3,5-8,18,20,22-23,26,28H,4,9-11,13-17,19H2,1-2H3,(H,35,40)(H,36,37,38)/b27-3+,34-20?/t23?,26?,28-/m1/s1. The van der Waals surface area contributed by atoms with Gasteiger partial charge in [0.15, 0.2) is 0 Å². The molecule has 2 aromatic rings. The molecule has 1 aliphatic heterocycles. The summed E-state index contributed by atoms with van der Waals surface area (Å²) in [6.07, 6.45) is 12.4. The van der Waals surface area contributed by atoms with Crippen LogP contribution in [-0.2, 0) is 4.79 Å². The molecule has 2 N–H and O–H groups in total. The number of carbonyl (C=O) groups excluding carboxylic acids is 2. The second kappa shape index (κ2) is 13.1. The van der Waals surface area contributed by atoms with Gasteiger partial charge in [0.25, 0.3) is 5.91 Å². The maximum atomic E-state index is 13.1. The third kappa shape index (κ3) is 6.82. The van der Waals surface area contributed by atoms with Crippen LogP contribution in [0.15, 0.2) is 47.2 Å². The van der Waals surface area contributed by atoms with Crippen LogP contribution in [0.25, 0.3) is 11.3 Å². The lowest BCUT2D eigenvalue weighted by atomic mass is 9.59. The number of nitrogens with one attached hydrogen (secondary N) is 2. The van der Waals surface area contributed by atoms with Gasteiger partial charge in [0.05, 0.1) is 17.5 Å². The molecule has 41 heavy (non-hydrogen) atoms. The number of piperidine rings is 1. The molecule has 1 atom stereocenters. The summed E-state index contributed by atoms with van der Waals surface area (Å²) in [5.74, 6) is 2.91. The van der Waals surface area contributed by atoms with E-state index in [1.54, 1.807) is 18.3 Å². The molecule has 2 bridgehead atoms. The third-order valence-corrected chi connectivity index (χ3v) is 8.85. The van der Waals surface area contributed by atoms with Gasteiger partial charge in [0.1, 0.15) is 6.54 Å². The molecule has 9 nitrogen and oxygen atoms in total. The predicted molar refractivity (Wildman–Crippen MR) is 159 cm³/mol. The Morgan fingerprint density at radius 2 is 1.90 bits per heavy atom. The minimum absolute atomic E-state index is 0.0293. The van der Waals surface area contributed by atoms with Crippen molar-refractivity contribution in [3.63, 3.8) is 0 Å². The molecular weight excluding hydrogens is 514 g/mol. The van der Waals surface area contributed by atoms with E-state index in [2.05, 4.69) is 20.5 Å². The minimum Gasteiger partial charge on any atom is -0.342 e. The van der Waals surface area contributed by atoms with Gasteiger partial charge in [-0.2, -0.15) is 5.26 Å². The summed E-state index contributed by atoms with van der Waals surface area (Å²) < 4.78 is 0. The Morgan fingerprint density at radius 3 is 2.56 bits per heavy atom. The number of anilines is 1. The van der Waals surface area contributed by atoms with E-state index < -0.39 is 0 Å². The quantitative estimate of drug-likeness (QED) is 0.341. The van der Waals surface area contributed by atoms with Gasteiger partial charge in [-0.05, 0) is 87.8 Å². The van der Waals surface area contributed by atoms with Gasteiger partial charge in [0.2, 0.25) is 11.9 Å². The number of likely N-dealkylation sites (tertiary alicyclic amines) is 1. The molecule has 1 aromatic carbocycles. The number of aliphatic imine (C=N–C) groups is 1. The molecular formula is C32H39N7O2. The average Bonchev–Trinajstić information content (AvgIpc) is 3.00. The Balaban J connectivity index is 1.12. The van der Waals surface area contributed by atoms with E-state index in [4.69, 9.17) is 15.2 Å². The first kappa shape index (κ1) is 28.5. The zero-order valence-corrected chi connectivity index (χ0v) is 24.0. The minimum atomic E-state index is -0.286. The maximum Gasteiger partial charge on any atom is 0.252 e. The maximum absolute atomic E-state index is 13.1. The van der Waals surface area contributed by atoms with Gasteiger partial charge < -0.3 is 15.5 Å². The van der Waals surface area contributed by atoms with Gasteiger partial charge in [0, 0.05) is 49.1 Å². The first-order valence-corrected chi connectivity index (χ1v) is 14.8. The molecule has 2 amide bonds. The molecule has 0 radical (unpaired) electrons. The SMILES string of the molecule is C/C=C(\C=NCC1CCN(C(=O)[C@@H]2CCC3CC2C3)CC1)Nc1ncc(C)c(-c2ccc(C(=O)NCC#N)cc2)n1. The first-order valence-electron chi connectivity index (χ1n) is 14.8. The average molecular weight is 554 g/mol. The number of aromatic nitrogens is 2. The molecule has 6 rings (SSSR count). The van der Waals surface area contributed by atoms with Crippen molar-refractivity contribution in [2.24, 2.45) is 28.7 Å². The fourth-order valence-corrected chi connectivity index (χ4v) is 6.30. The summed E-state index contributed by atoms with van der Waals surface area (Å²) in [6, 6.07) is 9.03. The Bertz CT molecular complexity index is 1340. The van der Waals surface area contributed by atoms with Crippen molar-refractivity contribution >= 4 is 24.0 Å². The van der Waals surface area contributed by atoms with Gasteiger partial charge in [-0.1, -0.05) is 18.2 Å². The Hall–Kier alpha value is -4.06. The molecule has 2 heterocycles. The van der Waals surface area contributed by atoms with E-state index in [1.165, 1.54) is 19.3 Å². The number of nitrogens with zero attached hydrogens (tertiary/aromatic N) is 5. The predicted octanol–water partition coefficient (Wildman–Crippen LogP) is 4.77. The topological polar surface area (TPSA) is 123 Å². The largest absolute Gasteiger partial charge is 0.342 e. The summed E-state index contributed by atoms with van der Waals surface area (Å²) in [5.41, 5.74) is 3.85. The number of amides is 2. The van der Waals surface area contributed by atoms with E-state index in [9.17, 15) is 9.59 Å². The lowest BCUT2D eigenvalue weighted by molar-refractivity contribution is -0.144. The van der Waals surface area contributed by atoms with Gasteiger partial charge in [-0.25, -0.2) is 9.97 Å². The number of allylic oxidation sites excluding steroid dienone is 2. The molecule has 1 saturated heterocycles. The van der Waals surface area contributed by atoms with E-state index in [0.29, 0.717) is 29.3 Å². The fourth-order valence-electron chi connectivity index (χ4n) is 6.30. The summed E-state index contributed by atoms with van der Waals surface area (Å²) in [4.78, 5) is 41.2. The molecule has 0 unspecified atom stereocenters. The lowest BCUT2D eigenvalue weighted by Gasteiger charge is -2.47. The highest BCUT2D eigenvalue weighted by molar-refractivity contribution is 5.94. The highest BCUT2D eigenvalue weighted by Crippen LogP contribution is 2.49. The third-order valence-electron chi connectivity index (χ3n) is 8.85. The number of fused-ring (bicyclic) bond motifs is 2. The molecule has 9 heteroatoms. The van der Waals surface area contributed by atoms with Crippen LogP contribution in [0, 0.1) is 41.9 Å². The lowest BCUT2D eigenvalue weighted by Crippen LogP contribution is -2.48. The number of aryl methyl sites for hydroxylation is 1. The van der Waals surface area contributed by atoms with Crippen LogP contribution in [0.3, 0.4) is 0 Å². The number of rotatable bonds is 9.